The van der Waals surface area contributed by atoms with Crippen LogP contribution in [0.3, 0.4) is 0 Å². The maximum Gasteiger partial charge on any atom is 0.153 e. The number of rotatable bonds is 4. The number of halogens is 1. The van der Waals surface area contributed by atoms with Gasteiger partial charge in [0.1, 0.15) is 5.69 Å². The van der Waals surface area contributed by atoms with Crippen molar-refractivity contribution in [2.75, 3.05) is 6.54 Å². The Kier molecular flexibility index (Phi) is 4.01. The monoisotopic (exact) mass is 288 g/mol. The van der Waals surface area contributed by atoms with Crippen LogP contribution in [-0.2, 0) is 5.67 Å². The normalized spacial score (nSPS) is 21.9. The largest absolute Gasteiger partial charge is 0.314 e. The van der Waals surface area contributed by atoms with E-state index in [1.165, 1.54) is 19.0 Å². The van der Waals surface area contributed by atoms with Crippen molar-refractivity contribution in [3.05, 3.63) is 42.2 Å². The van der Waals surface area contributed by atoms with E-state index in [-0.39, 0.29) is 6.04 Å². The van der Waals surface area contributed by atoms with E-state index < -0.39 is 5.67 Å². The summed E-state index contributed by atoms with van der Waals surface area (Å²) in [4.78, 5) is 0. The summed E-state index contributed by atoms with van der Waals surface area (Å²) in [7, 11) is 0. The second-order valence-electron chi connectivity index (χ2n) is 5.91. The molecule has 1 aromatic carbocycles. The SMILES string of the molecule is CC(F)(CC1CCCCN1)c1cnnn1-c1ccccc1. The van der Waals surface area contributed by atoms with E-state index >= 15 is 4.39 Å². The van der Waals surface area contributed by atoms with Gasteiger partial charge in [0.15, 0.2) is 5.67 Å². The minimum absolute atomic E-state index is 0.230. The summed E-state index contributed by atoms with van der Waals surface area (Å²) in [5.74, 6) is 0. The standard InChI is InChI=1S/C16H21FN4/c1-16(17,11-13-7-5-6-10-18-13)15-12-19-20-21(15)14-8-3-2-4-9-14/h2-4,8-9,12-13,18H,5-7,10-11H2,1H3. The summed E-state index contributed by atoms with van der Waals surface area (Å²) in [6.45, 7) is 2.61. The second kappa shape index (κ2) is 5.93. The Labute approximate surface area is 124 Å². The number of hydrogen-bond acceptors (Lipinski definition) is 3. The van der Waals surface area contributed by atoms with E-state index in [1.54, 1.807) is 11.6 Å². The molecular formula is C16H21FN4. The number of nitrogens with one attached hydrogen (secondary N) is 1. The van der Waals surface area contributed by atoms with Gasteiger partial charge in [-0.05, 0) is 38.4 Å². The van der Waals surface area contributed by atoms with Gasteiger partial charge < -0.3 is 5.32 Å². The van der Waals surface area contributed by atoms with E-state index in [9.17, 15) is 0 Å². The smallest absolute Gasteiger partial charge is 0.153 e. The second-order valence-corrected chi connectivity index (χ2v) is 5.91. The highest BCUT2D eigenvalue weighted by Gasteiger charge is 2.34. The van der Waals surface area contributed by atoms with Gasteiger partial charge in [-0.1, -0.05) is 29.8 Å². The summed E-state index contributed by atoms with van der Waals surface area (Å²) in [5, 5.41) is 11.4. The predicted molar refractivity (Wildman–Crippen MR) is 80.1 cm³/mol. The van der Waals surface area contributed by atoms with Crippen molar-refractivity contribution in [3.63, 3.8) is 0 Å². The summed E-state index contributed by atoms with van der Waals surface area (Å²) in [6.07, 6.45) is 5.38. The van der Waals surface area contributed by atoms with Crippen molar-refractivity contribution in [3.8, 4) is 5.69 Å². The third-order valence-electron chi connectivity index (χ3n) is 4.13. The summed E-state index contributed by atoms with van der Waals surface area (Å²) < 4.78 is 16.8. The van der Waals surface area contributed by atoms with Gasteiger partial charge in [-0.15, -0.1) is 5.10 Å². The number of piperidine rings is 1. The first-order valence-electron chi connectivity index (χ1n) is 7.56. The molecule has 0 radical (unpaired) electrons. The van der Waals surface area contributed by atoms with Crippen LogP contribution >= 0.6 is 0 Å². The fourth-order valence-corrected chi connectivity index (χ4v) is 3.02. The zero-order chi connectivity index (χ0) is 14.7. The van der Waals surface area contributed by atoms with Gasteiger partial charge in [-0.2, -0.15) is 0 Å². The van der Waals surface area contributed by atoms with Crippen LogP contribution in [0.2, 0.25) is 0 Å². The lowest BCUT2D eigenvalue weighted by molar-refractivity contribution is 0.137. The van der Waals surface area contributed by atoms with Crippen molar-refractivity contribution in [1.29, 1.82) is 0 Å². The first kappa shape index (κ1) is 14.2. The molecule has 1 aliphatic heterocycles. The summed E-state index contributed by atoms with van der Waals surface area (Å²) >= 11 is 0. The minimum atomic E-state index is -1.45. The molecule has 112 valence electrons. The molecule has 0 saturated carbocycles. The van der Waals surface area contributed by atoms with Gasteiger partial charge in [-0.25, -0.2) is 9.07 Å². The number of benzene rings is 1. The Bertz CT molecular complexity index is 573. The highest BCUT2D eigenvalue weighted by atomic mass is 19.1. The van der Waals surface area contributed by atoms with Gasteiger partial charge in [0.25, 0.3) is 0 Å². The van der Waals surface area contributed by atoms with Gasteiger partial charge >= 0.3 is 0 Å². The molecule has 1 saturated heterocycles. The van der Waals surface area contributed by atoms with E-state index in [2.05, 4.69) is 15.6 Å². The van der Waals surface area contributed by atoms with E-state index in [1.807, 2.05) is 30.3 Å². The molecular weight excluding hydrogens is 267 g/mol. The third kappa shape index (κ3) is 3.13. The van der Waals surface area contributed by atoms with Crippen molar-refractivity contribution in [2.24, 2.45) is 0 Å². The molecule has 0 spiro atoms. The van der Waals surface area contributed by atoms with Crippen molar-refractivity contribution >= 4 is 0 Å². The van der Waals surface area contributed by atoms with Gasteiger partial charge in [-0.3, -0.25) is 0 Å². The zero-order valence-corrected chi connectivity index (χ0v) is 12.3. The number of aromatic nitrogens is 3. The van der Waals surface area contributed by atoms with E-state index in [0.717, 1.165) is 18.7 Å². The zero-order valence-electron chi connectivity index (χ0n) is 12.3. The van der Waals surface area contributed by atoms with Crippen LogP contribution in [0.5, 0.6) is 0 Å². The maximum absolute atomic E-state index is 15.2. The van der Waals surface area contributed by atoms with Crippen molar-refractivity contribution in [1.82, 2.24) is 20.3 Å². The molecule has 2 atom stereocenters. The number of nitrogens with zero attached hydrogens (tertiary/aromatic N) is 3. The fourth-order valence-electron chi connectivity index (χ4n) is 3.02. The number of hydrogen-bond donors (Lipinski definition) is 1. The molecule has 2 heterocycles. The molecule has 1 aliphatic rings. The van der Waals surface area contributed by atoms with Crippen LogP contribution < -0.4 is 5.32 Å². The first-order valence-corrected chi connectivity index (χ1v) is 7.56. The van der Waals surface area contributed by atoms with Crippen LogP contribution in [0.1, 0.15) is 38.3 Å². The highest BCUT2D eigenvalue weighted by Crippen LogP contribution is 2.33. The number of para-hydroxylation sites is 1. The molecule has 1 N–H and O–H groups in total. The van der Waals surface area contributed by atoms with Gasteiger partial charge in [0, 0.05) is 12.5 Å². The number of alkyl halides is 1. The molecule has 3 rings (SSSR count). The van der Waals surface area contributed by atoms with Crippen LogP contribution in [0.4, 0.5) is 4.39 Å². The van der Waals surface area contributed by atoms with Crippen LogP contribution in [0.15, 0.2) is 36.5 Å². The first-order chi connectivity index (χ1) is 10.2. The Balaban J connectivity index is 1.84. The predicted octanol–water partition coefficient (Wildman–Crippen LogP) is 2.98. The molecule has 21 heavy (non-hydrogen) atoms. The average molecular weight is 288 g/mol. The lowest BCUT2D eigenvalue weighted by atomic mass is 9.91. The van der Waals surface area contributed by atoms with Crippen LogP contribution in [-0.4, -0.2) is 27.6 Å². The summed E-state index contributed by atoms with van der Waals surface area (Å²) in [6, 6.07) is 9.81. The average Bonchev–Trinajstić information content (AvgIpc) is 2.99. The summed E-state index contributed by atoms with van der Waals surface area (Å²) in [5.41, 5.74) is -0.0968. The molecule has 4 nitrogen and oxygen atoms in total. The maximum atomic E-state index is 15.2. The van der Waals surface area contributed by atoms with Crippen molar-refractivity contribution < 1.29 is 4.39 Å². The van der Waals surface area contributed by atoms with Gasteiger partial charge in [0.2, 0.25) is 0 Å². The molecule has 0 amide bonds. The van der Waals surface area contributed by atoms with Crippen molar-refractivity contribution in [2.45, 2.75) is 44.3 Å². The minimum Gasteiger partial charge on any atom is -0.314 e. The Morgan fingerprint density at radius 2 is 2.14 bits per heavy atom. The third-order valence-corrected chi connectivity index (χ3v) is 4.13. The molecule has 0 bridgehead atoms. The lowest BCUT2D eigenvalue weighted by Crippen LogP contribution is -2.38. The quantitative estimate of drug-likeness (QED) is 0.940. The van der Waals surface area contributed by atoms with E-state index in [0.29, 0.717) is 12.1 Å². The molecule has 2 unspecified atom stereocenters. The highest BCUT2D eigenvalue weighted by molar-refractivity contribution is 5.32. The topological polar surface area (TPSA) is 42.7 Å². The molecule has 5 heteroatoms. The van der Waals surface area contributed by atoms with Crippen LogP contribution in [0.25, 0.3) is 5.69 Å². The molecule has 1 aromatic heterocycles. The van der Waals surface area contributed by atoms with E-state index in [4.69, 9.17) is 0 Å². The molecule has 1 fully saturated rings. The van der Waals surface area contributed by atoms with Gasteiger partial charge in [0.05, 0.1) is 11.9 Å². The Hall–Kier alpha value is -1.75. The van der Waals surface area contributed by atoms with Crippen LogP contribution in [0, 0.1) is 0 Å². The Morgan fingerprint density at radius 1 is 1.33 bits per heavy atom. The molecule has 2 aromatic rings. The fraction of sp³-hybridized carbons (Fsp3) is 0.500. The lowest BCUT2D eigenvalue weighted by Gasteiger charge is -2.29. The Morgan fingerprint density at radius 3 is 2.86 bits per heavy atom. The molecule has 0 aliphatic carbocycles.